The van der Waals surface area contributed by atoms with Crippen molar-refractivity contribution in [3.05, 3.63) is 0 Å². The van der Waals surface area contributed by atoms with Crippen LogP contribution in [0.2, 0.25) is 0 Å². The van der Waals surface area contributed by atoms with Gasteiger partial charge in [-0.3, -0.25) is 0 Å². The van der Waals surface area contributed by atoms with Crippen molar-refractivity contribution in [1.82, 2.24) is 0 Å². The van der Waals surface area contributed by atoms with E-state index in [1.54, 1.807) is 0 Å². The molecule has 0 radical (unpaired) electrons. The zero-order chi connectivity index (χ0) is 9.90. The highest BCUT2D eigenvalue weighted by molar-refractivity contribution is 4.74. The third kappa shape index (κ3) is 2.44. The standard InChI is InChI=1S/C11H22O2/c1-5-11(6-2)12-7-10(8-13-11)9(3)4/h9-10H,5-8H2,1-4H3. The first-order valence-corrected chi connectivity index (χ1v) is 5.41. The van der Waals surface area contributed by atoms with E-state index in [0.29, 0.717) is 11.8 Å². The minimum absolute atomic E-state index is 0.272. The van der Waals surface area contributed by atoms with Crippen LogP contribution in [0.25, 0.3) is 0 Å². The molecule has 0 aromatic heterocycles. The topological polar surface area (TPSA) is 18.5 Å². The molecule has 1 aliphatic heterocycles. The molecular formula is C11H22O2. The monoisotopic (exact) mass is 186 g/mol. The lowest BCUT2D eigenvalue weighted by atomic mass is 9.96. The second-order valence-electron chi connectivity index (χ2n) is 4.24. The maximum Gasteiger partial charge on any atom is 0.167 e. The van der Waals surface area contributed by atoms with Gasteiger partial charge in [0, 0.05) is 5.92 Å². The Bertz CT molecular complexity index is 140. The molecule has 0 aromatic carbocycles. The van der Waals surface area contributed by atoms with E-state index in [4.69, 9.17) is 9.47 Å². The van der Waals surface area contributed by atoms with E-state index >= 15 is 0 Å². The van der Waals surface area contributed by atoms with Crippen LogP contribution in [0, 0.1) is 11.8 Å². The Morgan fingerprint density at radius 3 is 1.92 bits per heavy atom. The first-order chi connectivity index (χ1) is 6.13. The van der Waals surface area contributed by atoms with Crippen LogP contribution in [0.4, 0.5) is 0 Å². The van der Waals surface area contributed by atoms with Gasteiger partial charge in [-0.05, 0) is 18.8 Å². The Morgan fingerprint density at radius 2 is 1.62 bits per heavy atom. The van der Waals surface area contributed by atoms with Crippen molar-refractivity contribution < 1.29 is 9.47 Å². The summed E-state index contributed by atoms with van der Waals surface area (Å²) in [4.78, 5) is 0. The molecule has 0 amide bonds. The molecule has 2 nitrogen and oxygen atoms in total. The summed E-state index contributed by atoms with van der Waals surface area (Å²) in [6, 6.07) is 0. The third-order valence-electron chi connectivity index (χ3n) is 3.14. The van der Waals surface area contributed by atoms with E-state index in [0.717, 1.165) is 26.1 Å². The smallest absolute Gasteiger partial charge is 0.167 e. The van der Waals surface area contributed by atoms with E-state index < -0.39 is 0 Å². The second-order valence-corrected chi connectivity index (χ2v) is 4.24. The molecule has 0 saturated carbocycles. The van der Waals surface area contributed by atoms with Crippen molar-refractivity contribution in [2.45, 2.75) is 46.3 Å². The van der Waals surface area contributed by atoms with Gasteiger partial charge in [0.05, 0.1) is 13.2 Å². The first-order valence-electron chi connectivity index (χ1n) is 5.41. The first kappa shape index (κ1) is 11.0. The molecule has 0 N–H and O–H groups in total. The highest BCUT2D eigenvalue weighted by atomic mass is 16.7. The SMILES string of the molecule is CCC1(CC)OCC(C(C)C)CO1. The van der Waals surface area contributed by atoms with E-state index in [1.165, 1.54) is 0 Å². The molecule has 1 aliphatic rings. The van der Waals surface area contributed by atoms with Gasteiger partial charge in [0.25, 0.3) is 0 Å². The number of ether oxygens (including phenoxy) is 2. The fraction of sp³-hybridized carbons (Fsp3) is 1.00. The molecule has 1 rings (SSSR count). The summed E-state index contributed by atoms with van der Waals surface area (Å²) in [5, 5.41) is 0. The van der Waals surface area contributed by atoms with Crippen LogP contribution in [0.5, 0.6) is 0 Å². The van der Waals surface area contributed by atoms with Crippen LogP contribution >= 0.6 is 0 Å². The lowest BCUT2D eigenvalue weighted by molar-refractivity contribution is -0.289. The highest BCUT2D eigenvalue weighted by Crippen LogP contribution is 2.30. The molecule has 0 spiro atoms. The predicted octanol–water partition coefficient (Wildman–Crippen LogP) is 2.82. The molecule has 0 unspecified atom stereocenters. The molecule has 0 atom stereocenters. The average Bonchev–Trinajstić information content (AvgIpc) is 2.18. The fourth-order valence-corrected chi connectivity index (χ4v) is 1.65. The van der Waals surface area contributed by atoms with Crippen LogP contribution in [0.3, 0.4) is 0 Å². The number of hydrogen-bond donors (Lipinski definition) is 0. The van der Waals surface area contributed by atoms with Crippen molar-refractivity contribution in [1.29, 1.82) is 0 Å². The average molecular weight is 186 g/mol. The third-order valence-corrected chi connectivity index (χ3v) is 3.14. The maximum atomic E-state index is 5.82. The summed E-state index contributed by atoms with van der Waals surface area (Å²) in [6.07, 6.45) is 1.91. The Labute approximate surface area is 81.6 Å². The van der Waals surface area contributed by atoms with Gasteiger partial charge in [0.15, 0.2) is 5.79 Å². The molecule has 78 valence electrons. The van der Waals surface area contributed by atoms with Gasteiger partial charge in [-0.1, -0.05) is 27.7 Å². The molecule has 1 fully saturated rings. The van der Waals surface area contributed by atoms with E-state index in [1.807, 2.05) is 0 Å². The van der Waals surface area contributed by atoms with E-state index in [-0.39, 0.29) is 5.79 Å². The van der Waals surface area contributed by atoms with Gasteiger partial charge in [0.2, 0.25) is 0 Å². The van der Waals surface area contributed by atoms with Crippen molar-refractivity contribution >= 4 is 0 Å². The summed E-state index contributed by atoms with van der Waals surface area (Å²) in [7, 11) is 0. The van der Waals surface area contributed by atoms with Crippen LogP contribution in [0.15, 0.2) is 0 Å². The van der Waals surface area contributed by atoms with Gasteiger partial charge < -0.3 is 9.47 Å². The van der Waals surface area contributed by atoms with Gasteiger partial charge in [-0.25, -0.2) is 0 Å². The summed E-state index contributed by atoms with van der Waals surface area (Å²) >= 11 is 0. The maximum absolute atomic E-state index is 5.82. The van der Waals surface area contributed by atoms with E-state index in [2.05, 4.69) is 27.7 Å². The highest BCUT2D eigenvalue weighted by Gasteiger charge is 2.34. The summed E-state index contributed by atoms with van der Waals surface area (Å²) in [5.41, 5.74) is 0. The molecule has 0 bridgehead atoms. The zero-order valence-electron chi connectivity index (χ0n) is 9.30. The van der Waals surface area contributed by atoms with Gasteiger partial charge in [0.1, 0.15) is 0 Å². The van der Waals surface area contributed by atoms with Gasteiger partial charge >= 0.3 is 0 Å². The van der Waals surface area contributed by atoms with Gasteiger partial charge in [-0.2, -0.15) is 0 Å². The zero-order valence-corrected chi connectivity index (χ0v) is 9.30. The summed E-state index contributed by atoms with van der Waals surface area (Å²) in [5.74, 6) is 0.962. The Balaban J connectivity index is 2.45. The Kier molecular flexibility index (Phi) is 3.74. The van der Waals surface area contributed by atoms with Crippen molar-refractivity contribution in [2.75, 3.05) is 13.2 Å². The Hall–Kier alpha value is -0.0800. The lowest BCUT2D eigenvalue weighted by Gasteiger charge is -2.40. The minimum atomic E-state index is -0.272. The van der Waals surface area contributed by atoms with Crippen LogP contribution in [-0.4, -0.2) is 19.0 Å². The fourth-order valence-electron chi connectivity index (χ4n) is 1.65. The van der Waals surface area contributed by atoms with E-state index in [9.17, 15) is 0 Å². The normalized spacial score (nSPS) is 23.8. The predicted molar refractivity (Wildman–Crippen MR) is 53.5 cm³/mol. The molecule has 13 heavy (non-hydrogen) atoms. The summed E-state index contributed by atoms with van der Waals surface area (Å²) < 4.78 is 11.6. The van der Waals surface area contributed by atoms with Crippen molar-refractivity contribution in [2.24, 2.45) is 11.8 Å². The largest absolute Gasteiger partial charge is 0.350 e. The molecule has 1 saturated heterocycles. The minimum Gasteiger partial charge on any atom is -0.350 e. The molecular weight excluding hydrogens is 164 g/mol. The van der Waals surface area contributed by atoms with Crippen LogP contribution in [0.1, 0.15) is 40.5 Å². The lowest BCUT2D eigenvalue weighted by Crippen LogP contribution is -2.44. The van der Waals surface area contributed by atoms with Gasteiger partial charge in [-0.15, -0.1) is 0 Å². The quantitative estimate of drug-likeness (QED) is 0.674. The summed E-state index contributed by atoms with van der Waals surface area (Å²) in [6.45, 7) is 10.4. The second kappa shape index (κ2) is 4.43. The Morgan fingerprint density at radius 1 is 1.15 bits per heavy atom. The molecule has 0 aliphatic carbocycles. The van der Waals surface area contributed by atoms with Crippen molar-refractivity contribution in [3.63, 3.8) is 0 Å². The number of hydrogen-bond acceptors (Lipinski definition) is 2. The van der Waals surface area contributed by atoms with Crippen LogP contribution in [-0.2, 0) is 9.47 Å². The van der Waals surface area contributed by atoms with Crippen molar-refractivity contribution in [3.8, 4) is 0 Å². The number of rotatable bonds is 3. The van der Waals surface area contributed by atoms with Crippen LogP contribution < -0.4 is 0 Å². The molecule has 2 heteroatoms. The molecule has 0 aromatic rings. The molecule has 1 heterocycles.